The van der Waals surface area contributed by atoms with E-state index in [1.165, 1.54) is 23.5 Å². The van der Waals surface area contributed by atoms with Crippen molar-refractivity contribution in [3.05, 3.63) is 63.7 Å². The van der Waals surface area contributed by atoms with Gasteiger partial charge in [-0.1, -0.05) is 35.1 Å². The second-order valence-electron chi connectivity index (χ2n) is 4.45. The van der Waals surface area contributed by atoms with Crippen molar-refractivity contribution in [2.75, 3.05) is 0 Å². The smallest absolute Gasteiger partial charge is 0.281 e. The number of rotatable bonds is 1. The zero-order valence-electron chi connectivity index (χ0n) is 11.0. The van der Waals surface area contributed by atoms with Gasteiger partial charge in [-0.25, -0.2) is 4.39 Å². The Morgan fingerprint density at radius 1 is 1.29 bits per heavy atom. The number of carbonyl (C=O) groups is 1. The number of benzene rings is 2. The van der Waals surface area contributed by atoms with E-state index >= 15 is 0 Å². The van der Waals surface area contributed by atoms with Crippen LogP contribution in [0, 0.1) is 5.82 Å². The molecule has 0 bridgehead atoms. The van der Waals surface area contributed by atoms with E-state index in [0.717, 1.165) is 10.2 Å². The Labute approximate surface area is 128 Å². The van der Waals surface area contributed by atoms with E-state index in [4.69, 9.17) is 11.6 Å². The number of aryl methyl sites for hydroxylation is 1. The monoisotopic (exact) mass is 320 g/mol. The number of amides is 1. The highest BCUT2D eigenvalue weighted by Gasteiger charge is 2.10. The normalized spacial score (nSPS) is 12.0. The zero-order chi connectivity index (χ0) is 15.0. The molecule has 0 fully saturated rings. The van der Waals surface area contributed by atoms with E-state index in [0.29, 0.717) is 15.4 Å². The summed E-state index contributed by atoms with van der Waals surface area (Å²) < 4.78 is 15.7. The van der Waals surface area contributed by atoms with Crippen molar-refractivity contribution < 1.29 is 9.18 Å². The van der Waals surface area contributed by atoms with Crippen LogP contribution < -0.4 is 4.80 Å². The van der Waals surface area contributed by atoms with Gasteiger partial charge in [0.2, 0.25) is 0 Å². The Morgan fingerprint density at radius 3 is 2.81 bits per heavy atom. The number of thiazole rings is 1. The van der Waals surface area contributed by atoms with E-state index in [9.17, 15) is 9.18 Å². The van der Waals surface area contributed by atoms with Crippen LogP contribution in [-0.4, -0.2) is 10.5 Å². The standard InChI is InChI=1S/C15H10ClFN2OS/c1-19-12-7-6-9(17)8-13(12)21-15(19)18-14(20)10-4-2-3-5-11(10)16/h2-8H,1H3. The van der Waals surface area contributed by atoms with Gasteiger partial charge in [0, 0.05) is 7.05 Å². The number of carbonyl (C=O) groups excluding carboxylic acids is 1. The molecular weight excluding hydrogens is 311 g/mol. The van der Waals surface area contributed by atoms with E-state index in [1.54, 1.807) is 41.9 Å². The lowest BCUT2D eigenvalue weighted by atomic mass is 10.2. The molecular formula is C15H10ClFN2OS. The fourth-order valence-electron chi connectivity index (χ4n) is 2.00. The summed E-state index contributed by atoms with van der Waals surface area (Å²) >= 11 is 7.25. The van der Waals surface area contributed by atoms with Gasteiger partial charge in [0.05, 0.1) is 20.8 Å². The van der Waals surface area contributed by atoms with Crippen LogP contribution in [0.3, 0.4) is 0 Å². The van der Waals surface area contributed by atoms with Gasteiger partial charge in [-0.2, -0.15) is 4.99 Å². The lowest BCUT2D eigenvalue weighted by molar-refractivity contribution is 0.0998. The predicted octanol–water partition coefficient (Wildman–Crippen LogP) is 3.77. The van der Waals surface area contributed by atoms with Crippen LogP contribution >= 0.6 is 22.9 Å². The van der Waals surface area contributed by atoms with E-state index in [1.807, 2.05) is 0 Å². The first-order chi connectivity index (χ1) is 10.1. The third kappa shape index (κ3) is 2.62. The van der Waals surface area contributed by atoms with Crippen LogP contribution in [-0.2, 0) is 7.05 Å². The van der Waals surface area contributed by atoms with Gasteiger partial charge in [-0.05, 0) is 30.3 Å². The molecule has 3 nitrogen and oxygen atoms in total. The molecule has 0 spiro atoms. The molecule has 1 aromatic heterocycles. The molecule has 0 radical (unpaired) electrons. The maximum absolute atomic E-state index is 13.2. The fourth-order valence-corrected chi connectivity index (χ4v) is 3.25. The lowest BCUT2D eigenvalue weighted by Crippen LogP contribution is -2.13. The molecule has 1 heterocycles. The van der Waals surface area contributed by atoms with Gasteiger partial charge < -0.3 is 4.57 Å². The van der Waals surface area contributed by atoms with Crippen LogP contribution in [0.2, 0.25) is 5.02 Å². The lowest BCUT2D eigenvalue weighted by Gasteiger charge is -1.98. The van der Waals surface area contributed by atoms with Crippen molar-refractivity contribution in [1.82, 2.24) is 4.57 Å². The maximum Gasteiger partial charge on any atom is 0.281 e. The SMILES string of the molecule is Cn1c(=NC(=O)c2ccccc2Cl)sc2cc(F)ccc21. The van der Waals surface area contributed by atoms with E-state index in [2.05, 4.69) is 4.99 Å². The molecule has 0 saturated heterocycles. The van der Waals surface area contributed by atoms with E-state index < -0.39 is 5.91 Å². The Bertz CT molecular complexity index is 913. The molecule has 0 aliphatic rings. The molecule has 0 unspecified atom stereocenters. The number of hydrogen-bond donors (Lipinski definition) is 0. The van der Waals surface area contributed by atoms with E-state index in [-0.39, 0.29) is 5.82 Å². The fraction of sp³-hybridized carbons (Fsp3) is 0.0667. The van der Waals surface area contributed by atoms with Crippen molar-refractivity contribution >= 4 is 39.1 Å². The highest BCUT2D eigenvalue weighted by atomic mass is 35.5. The van der Waals surface area contributed by atoms with Crippen molar-refractivity contribution in [2.24, 2.45) is 12.0 Å². The summed E-state index contributed by atoms with van der Waals surface area (Å²) in [5, 5.41) is 0.362. The highest BCUT2D eigenvalue weighted by Crippen LogP contribution is 2.19. The molecule has 3 rings (SSSR count). The first-order valence-electron chi connectivity index (χ1n) is 6.15. The highest BCUT2D eigenvalue weighted by molar-refractivity contribution is 7.16. The van der Waals surface area contributed by atoms with Crippen LogP contribution in [0.15, 0.2) is 47.5 Å². The quantitative estimate of drug-likeness (QED) is 0.672. The van der Waals surface area contributed by atoms with Gasteiger partial charge in [-0.3, -0.25) is 4.79 Å². The summed E-state index contributed by atoms with van der Waals surface area (Å²) in [6.07, 6.45) is 0. The average Bonchev–Trinajstić information content (AvgIpc) is 2.75. The Balaban J connectivity index is 2.14. The molecule has 21 heavy (non-hydrogen) atoms. The van der Waals surface area contributed by atoms with Gasteiger partial charge in [0.1, 0.15) is 5.82 Å². The second-order valence-corrected chi connectivity index (χ2v) is 5.87. The van der Waals surface area contributed by atoms with Crippen molar-refractivity contribution in [2.45, 2.75) is 0 Å². The summed E-state index contributed by atoms with van der Waals surface area (Å²) in [7, 11) is 1.79. The molecule has 1 amide bonds. The maximum atomic E-state index is 13.2. The minimum absolute atomic E-state index is 0.312. The summed E-state index contributed by atoms with van der Waals surface area (Å²) in [5.74, 6) is -0.725. The largest absolute Gasteiger partial charge is 0.319 e. The van der Waals surface area contributed by atoms with Crippen molar-refractivity contribution in [3.8, 4) is 0 Å². The topological polar surface area (TPSA) is 34.4 Å². The van der Waals surface area contributed by atoms with Crippen molar-refractivity contribution in [3.63, 3.8) is 0 Å². The summed E-state index contributed by atoms with van der Waals surface area (Å²) in [6.45, 7) is 0. The van der Waals surface area contributed by atoms with Gasteiger partial charge in [0.25, 0.3) is 5.91 Å². The second kappa shape index (κ2) is 5.42. The first-order valence-corrected chi connectivity index (χ1v) is 7.34. The van der Waals surface area contributed by atoms with Crippen LogP contribution in [0.1, 0.15) is 10.4 Å². The Kier molecular flexibility index (Phi) is 3.61. The third-order valence-electron chi connectivity index (χ3n) is 3.07. The Morgan fingerprint density at radius 2 is 2.05 bits per heavy atom. The van der Waals surface area contributed by atoms with Gasteiger partial charge >= 0.3 is 0 Å². The molecule has 6 heteroatoms. The minimum Gasteiger partial charge on any atom is -0.319 e. The van der Waals surface area contributed by atoms with Crippen LogP contribution in [0.4, 0.5) is 4.39 Å². The van der Waals surface area contributed by atoms with Crippen LogP contribution in [0.25, 0.3) is 10.2 Å². The number of aromatic nitrogens is 1. The number of fused-ring (bicyclic) bond motifs is 1. The van der Waals surface area contributed by atoms with Gasteiger partial charge in [0.15, 0.2) is 4.80 Å². The molecule has 0 atom stereocenters. The minimum atomic E-state index is -0.414. The molecule has 0 aliphatic heterocycles. The zero-order valence-corrected chi connectivity index (χ0v) is 12.6. The Hall–Kier alpha value is -1.98. The number of hydrogen-bond acceptors (Lipinski definition) is 2. The number of nitrogens with zero attached hydrogens (tertiary/aromatic N) is 2. The number of halogens is 2. The summed E-state index contributed by atoms with van der Waals surface area (Å²) in [6, 6.07) is 11.2. The summed E-state index contributed by atoms with van der Waals surface area (Å²) in [5.41, 5.74) is 1.18. The molecule has 0 N–H and O–H groups in total. The molecule has 106 valence electrons. The third-order valence-corrected chi connectivity index (χ3v) is 4.50. The predicted molar refractivity (Wildman–Crippen MR) is 82.1 cm³/mol. The average molecular weight is 321 g/mol. The van der Waals surface area contributed by atoms with Crippen LogP contribution in [0.5, 0.6) is 0 Å². The summed E-state index contributed by atoms with van der Waals surface area (Å²) in [4.78, 5) is 16.8. The van der Waals surface area contributed by atoms with Crippen molar-refractivity contribution in [1.29, 1.82) is 0 Å². The molecule has 2 aromatic carbocycles. The molecule has 3 aromatic rings. The first kappa shape index (κ1) is 14.0. The molecule has 0 saturated carbocycles. The van der Waals surface area contributed by atoms with Gasteiger partial charge in [-0.15, -0.1) is 0 Å². The molecule has 0 aliphatic carbocycles.